The molecule has 0 saturated heterocycles. The van der Waals surface area contributed by atoms with Crippen LogP contribution in [-0.4, -0.2) is 35.9 Å². The number of hydrogen-bond acceptors (Lipinski definition) is 5. The Morgan fingerprint density at radius 2 is 2.12 bits per heavy atom. The Labute approximate surface area is 149 Å². The molecule has 0 saturated carbocycles. The normalized spacial score (nSPS) is 12.7. The molecule has 0 aliphatic heterocycles. The first-order valence-electron chi connectivity index (χ1n) is 8.53. The van der Waals surface area contributed by atoms with E-state index in [0.29, 0.717) is 17.1 Å². The molecule has 0 radical (unpaired) electrons. The molecule has 0 fully saturated rings. The fraction of sp³-hybridized carbons (Fsp3) is 0.278. The lowest BCUT2D eigenvalue weighted by Crippen LogP contribution is -2.30. The minimum atomic E-state index is -0.206. The minimum absolute atomic E-state index is 0.179. The monoisotopic (exact) mass is 349 g/mol. The van der Waals surface area contributed by atoms with E-state index in [9.17, 15) is 4.79 Å². The summed E-state index contributed by atoms with van der Waals surface area (Å²) in [5.74, 6) is 0.983. The van der Waals surface area contributed by atoms with Crippen LogP contribution >= 0.6 is 0 Å². The molecule has 4 rings (SSSR count). The smallest absolute Gasteiger partial charge is 0.252 e. The van der Waals surface area contributed by atoms with Gasteiger partial charge in [0.15, 0.2) is 5.65 Å². The van der Waals surface area contributed by atoms with Gasteiger partial charge in [0.05, 0.1) is 17.1 Å². The van der Waals surface area contributed by atoms with Crippen molar-refractivity contribution in [3.63, 3.8) is 0 Å². The van der Waals surface area contributed by atoms with Crippen molar-refractivity contribution in [2.75, 3.05) is 0 Å². The third-order valence-electron chi connectivity index (χ3n) is 4.21. The van der Waals surface area contributed by atoms with E-state index in [1.54, 1.807) is 18.3 Å². The first kappa shape index (κ1) is 16.2. The van der Waals surface area contributed by atoms with Crippen LogP contribution in [0.5, 0.6) is 0 Å². The zero-order chi connectivity index (χ0) is 18.1. The predicted octanol–water partition coefficient (Wildman–Crippen LogP) is 2.52. The number of imidazole rings is 1. The molecule has 8 heteroatoms. The summed E-state index contributed by atoms with van der Waals surface area (Å²) >= 11 is 0. The van der Waals surface area contributed by atoms with Crippen LogP contribution < -0.4 is 5.32 Å². The maximum atomic E-state index is 12.8. The van der Waals surface area contributed by atoms with Gasteiger partial charge in [0.1, 0.15) is 5.82 Å². The van der Waals surface area contributed by atoms with Gasteiger partial charge >= 0.3 is 0 Å². The first-order valence-corrected chi connectivity index (χ1v) is 8.53. The van der Waals surface area contributed by atoms with Crippen LogP contribution in [-0.2, 0) is 0 Å². The maximum absolute atomic E-state index is 12.8. The van der Waals surface area contributed by atoms with Crippen LogP contribution in [0.2, 0.25) is 0 Å². The number of hydrogen-bond donors (Lipinski definition) is 2. The molecular formula is C18H19N7O. The summed E-state index contributed by atoms with van der Waals surface area (Å²) in [5, 5.41) is 14.4. The first-order chi connectivity index (χ1) is 12.6. The third-order valence-corrected chi connectivity index (χ3v) is 4.21. The van der Waals surface area contributed by atoms with Crippen molar-refractivity contribution >= 4 is 22.6 Å². The second-order valence-electron chi connectivity index (χ2n) is 6.69. The average Bonchev–Trinajstić information content (AvgIpc) is 3.26. The van der Waals surface area contributed by atoms with Gasteiger partial charge in [-0.1, -0.05) is 26.0 Å². The molecule has 1 aromatic carbocycles. The predicted molar refractivity (Wildman–Crippen MR) is 96.5 cm³/mol. The molecule has 0 spiro atoms. The van der Waals surface area contributed by atoms with Gasteiger partial charge < -0.3 is 10.3 Å². The second-order valence-corrected chi connectivity index (χ2v) is 6.69. The number of amides is 1. The molecule has 3 aromatic heterocycles. The van der Waals surface area contributed by atoms with Crippen molar-refractivity contribution in [1.29, 1.82) is 0 Å². The highest BCUT2D eigenvalue weighted by molar-refractivity contribution is 5.95. The van der Waals surface area contributed by atoms with Gasteiger partial charge in [-0.15, -0.1) is 5.10 Å². The van der Waals surface area contributed by atoms with Crippen LogP contribution in [0.3, 0.4) is 0 Å². The number of pyridine rings is 1. The number of nitrogens with one attached hydrogen (secondary N) is 2. The van der Waals surface area contributed by atoms with E-state index in [2.05, 4.69) is 44.7 Å². The van der Waals surface area contributed by atoms with E-state index in [-0.39, 0.29) is 11.9 Å². The highest BCUT2D eigenvalue weighted by Gasteiger charge is 2.21. The Balaban J connectivity index is 1.62. The molecule has 26 heavy (non-hydrogen) atoms. The van der Waals surface area contributed by atoms with Crippen molar-refractivity contribution in [3.8, 4) is 0 Å². The van der Waals surface area contributed by atoms with Gasteiger partial charge in [-0.2, -0.15) is 0 Å². The minimum Gasteiger partial charge on any atom is -0.342 e. The Morgan fingerprint density at radius 3 is 2.92 bits per heavy atom. The van der Waals surface area contributed by atoms with Gasteiger partial charge in [0.25, 0.3) is 5.91 Å². The summed E-state index contributed by atoms with van der Waals surface area (Å²) < 4.78 is 1.52. The molecule has 4 aromatic rings. The van der Waals surface area contributed by atoms with Crippen LogP contribution in [0, 0.1) is 5.92 Å². The lowest BCUT2D eigenvalue weighted by molar-refractivity contribution is 0.0930. The Hall–Kier alpha value is -3.29. The van der Waals surface area contributed by atoms with Crippen molar-refractivity contribution in [2.24, 2.45) is 5.92 Å². The highest BCUT2D eigenvalue weighted by atomic mass is 16.1. The molecule has 132 valence electrons. The number of benzene rings is 1. The van der Waals surface area contributed by atoms with E-state index in [1.807, 2.05) is 24.3 Å². The molecule has 2 N–H and O–H groups in total. The summed E-state index contributed by atoms with van der Waals surface area (Å²) in [6.45, 7) is 4.24. The van der Waals surface area contributed by atoms with Gasteiger partial charge in [-0.05, 0) is 47.0 Å². The van der Waals surface area contributed by atoms with Gasteiger partial charge in [-0.25, -0.2) is 9.50 Å². The largest absolute Gasteiger partial charge is 0.342 e. The molecule has 3 heterocycles. The summed E-state index contributed by atoms with van der Waals surface area (Å²) in [6.07, 6.45) is 2.45. The SMILES string of the molecule is CC(C)C[C@H](NC(=O)c1ccn2nnnc2c1)c1nc2ccccc2[nH]1. The number of nitrogens with zero attached hydrogens (tertiary/aromatic N) is 5. The molecule has 1 atom stereocenters. The fourth-order valence-electron chi connectivity index (χ4n) is 2.97. The highest BCUT2D eigenvalue weighted by Crippen LogP contribution is 2.22. The van der Waals surface area contributed by atoms with E-state index < -0.39 is 0 Å². The number of aromatic nitrogens is 6. The standard InChI is InChI=1S/C18H19N7O/c1-11(2)9-15(17-19-13-5-3-4-6-14(13)20-17)21-18(26)12-7-8-25-16(10-12)22-23-24-25/h3-8,10-11,15H,9H2,1-2H3,(H,19,20)(H,21,26)/t15-/m0/s1. The van der Waals surface area contributed by atoms with Gasteiger partial charge in [-0.3, -0.25) is 4.79 Å². The fourth-order valence-corrected chi connectivity index (χ4v) is 2.97. The average molecular weight is 349 g/mol. The number of H-pyrrole nitrogens is 1. The van der Waals surface area contributed by atoms with E-state index >= 15 is 0 Å². The summed E-state index contributed by atoms with van der Waals surface area (Å²) in [6, 6.07) is 11.0. The molecule has 0 unspecified atom stereocenters. The lowest BCUT2D eigenvalue weighted by Gasteiger charge is -2.18. The number of rotatable bonds is 5. The number of tetrazole rings is 1. The van der Waals surface area contributed by atoms with Crippen molar-refractivity contribution in [2.45, 2.75) is 26.3 Å². The Bertz CT molecular complexity index is 1030. The van der Waals surface area contributed by atoms with Crippen LogP contribution in [0.4, 0.5) is 0 Å². The number of aromatic amines is 1. The topological polar surface area (TPSA) is 101 Å². The zero-order valence-electron chi connectivity index (χ0n) is 14.5. The Kier molecular flexibility index (Phi) is 4.08. The van der Waals surface area contributed by atoms with E-state index in [4.69, 9.17) is 0 Å². The van der Waals surface area contributed by atoms with Crippen LogP contribution in [0.15, 0.2) is 42.6 Å². The number of carbonyl (C=O) groups excluding carboxylic acids is 1. The summed E-state index contributed by atoms with van der Waals surface area (Å²) in [7, 11) is 0. The molecule has 1 amide bonds. The Morgan fingerprint density at radius 1 is 1.27 bits per heavy atom. The molecular weight excluding hydrogens is 330 g/mol. The van der Waals surface area contributed by atoms with Gasteiger partial charge in [0.2, 0.25) is 0 Å². The molecule has 0 bridgehead atoms. The molecule has 8 nitrogen and oxygen atoms in total. The van der Waals surface area contributed by atoms with Crippen molar-refractivity contribution in [3.05, 3.63) is 54.0 Å². The summed E-state index contributed by atoms with van der Waals surface area (Å²) in [5.41, 5.74) is 2.89. The van der Waals surface area contributed by atoms with Crippen LogP contribution in [0.25, 0.3) is 16.7 Å². The summed E-state index contributed by atoms with van der Waals surface area (Å²) in [4.78, 5) is 20.7. The zero-order valence-corrected chi connectivity index (χ0v) is 14.5. The van der Waals surface area contributed by atoms with Crippen LogP contribution in [0.1, 0.15) is 42.5 Å². The van der Waals surface area contributed by atoms with Gasteiger partial charge in [0, 0.05) is 11.8 Å². The lowest BCUT2D eigenvalue weighted by atomic mass is 10.0. The number of fused-ring (bicyclic) bond motifs is 2. The quantitative estimate of drug-likeness (QED) is 0.576. The number of para-hydroxylation sites is 2. The second kappa shape index (κ2) is 6.55. The number of carbonyl (C=O) groups is 1. The van der Waals surface area contributed by atoms with Crippen molar-refractivity contribution in [1.82, 2.24) is 35.3 Å². The van der Waals surface area contributed by atoms with E-state index in [1.165, 1.54) is 4.52 Å². The third kappa shape index (κ3) is 3.13. The molecule has 0 aliphatic carbocycles. The van der Waals surface area contributed by atoms with E-state index in [0.717, 1.165) is 23.3 Å². The molecule has 0 aliphatic rings. The maximum Gasteiger partial charge on any atom is 0.252 e. The van der Waals surface area contributed by atoms with Crippen molar-refractivity contribution < 1.29 is 4.79 Å².